The number of benzene rings is 1. The third kappa shape index (κ3) is 1.50. The molecule has 2 heterocycles. The summed E-state index contributed by atoms with van der Waals surface area (Å²) in [7, 11) is 0. The van der Waals surface area contributed by atoms with Gasteiger partial charge in [0.1, 0.15) is 16.0 Å². The monoisotopic (exact) mass is 245 g/mol. The van der Waals surface area contributed by atoms with E-state index in [0.717, 1.165) is 11.5 Å². The van der Waals surface area contributed by atoms with E-state index in [0.29, 0.717) is 15.9 Å². The van der Waals surface area contributed by atoms with Crippen molar-refractivity contribution >= 4 is 21.7 Å². The number of aromatic hydroxyl groups is 1. The van der Waals surface area contributed by atoms with Gasteiger partial charge in [-0.2, -0.15) is 0 Å². The molecule has 3 rings (SSSR count). The highest BCUT2D eigenvalue weighted by Gasteiger charge is 2.09. The lowest BCUT2D eigenvalue weighted by Gasteiger charge is -2.06. The number of phenolic OH excluding ortho intramolecular Hbond substituents is 1. The Kier molecular flexibility index (Phi) is 2.15. The first-order valence-corrected chi connectivity index (χ1v) is 5.67. The van der Waals surface area contributed by atoms with Crippen LogP contribution in [-0.4, -0.2) is 19.3 Å². The number of para-hydroxylation sites is 2. The van der Waals surface area contributed by atoms with Gasteiger partial charge in [0.15, 0.2) is 0 Å². The van der Waals surface area contributed by atoms with Crippen molar-refractivity contribution in [1.82, 2.24) is 14.2 Å². The van der Waals surface area contributed by atoms with Crippen molar-refractivity contribution in [1.29, 1.82) is 0 Å². The van der Waals surface area contributed by atoms with E-state index in [1.165, 1.54) is 10.6 Å². The third-order valence-corrected chi connectivity index (χ3v) is 3.18. The molecule has 0 spiro atoms. The van der Waals surface area contributed by atoms with Gasteiger partial charge < -0.3 is 5.11 Å². The Bertz CT molecular complexity index is 748. The van der Waals surface area contributed by atoms with E-state index < -0.39 is 0 Å². The number of rotatable bonds is 1. The van der Waals surface area contributed by atoms with E-state index in [1.54, 1.807) is 30.5 Å². The predicted octanol–water partition coefficient (Wildman–Crippen LogP) is 1.55. The van der Waals surface area contributed by atoms with E-state index in [1.807, 2.05) is 0 Å². The van der Waals surface area contributed by atoms with E-state index >= 15 is 0 Å². The van der Waals surface area contributed by atoms with Gasteiger partial charge in [0.2, 0.25) is 0 Å². The second-order valence-corrected chi connectivity index (χ2v) is 4.22. The number of fused-ring (bicyclic) bond motifs is 1. The lowest BCUT2D eigenvalue weighted by molar-refractivity contribution is 0.472. The van der Waals surface area contributed by atoms with Crippen LogP contribution in [0.4, 0.5) is 0 Å². The van der Waals surface area contributed by atoms with Crippen molar-refractivity contribution < 1.29 is 5.11 Å². The Hall–Kier alpha value is -2.21. The molecule has 0 fully saturated rings. The molecule has 0 radical (unpaired) electrons. The van der Waals surface area contributed by atoms with Gasteiger partial charge in [-0.3, -0.25) is 9.36 Å². The largest absolute Gasteiger partial charge is 0.506 e. The molecular formula is C11H7N3O2S. The quantitative estimate of drug-likeness (QED) is 0.706. The van der Waals surface area contributed by atoms with Crippen molar-refractivity contribution in [3.63, 3.8) is 0 Å². The van der Waals surface area contributed by atoms with Gasteiger partial charge in [-0.05, 0) is 29.7 Å². The highest BCUT2D eigenvalue weighted by Crippen LogP contribution is 2.20. The number of nitrogens with zero attached hydrogens (tertiary/aromatic N) is 3. The van der Waals surface area contributed by atoms with Crippen molar-refractivity contribution in [3.05, 3.63) is 46.9 Å². The lowest BCUT2D eigenvalue weighted by Crippen LogP contribution is -2.16. The fourth-order valence-corrected chi connectivity index (χ4v) is 2.22. The van der Waals surface area contributed by atoms with Crippen LogP contribution >= 0.6 is 11.5 Å². The van der Waals surface area contributed by atoms with Gasteiger partial charge in [-0.1, -0.05) is 16.6 Å². The Labute approximate surface area is 99.7 Å². The minimum absolute atomic E-state index is 0.0615. The molecule has 0 bridgehead atoms. The Balaban J connectivity index is 2.35. The van der Waals surface area contributed by atoms with Crippen LogP contribution in [-0.2, 0) is 0 Å². The van der Waals surface area contributed by atoms with Crippen LogP contribution in [0.25, 0.3) is 15.9 Å². The highest BCUT2D eigenvalue weighted by molar-refractivity contribution is 7.12. The van der Waals surface area contributed by atoms with Crippen LogP contribution in [0.2, 0.25) is 0 Å². The molecule has 5 nitrogen and oxygen atoms in total. The molecule has 0 saturated carbocycles. The van der Waals surface area contributed by atoms with Crippen LogP contribution in [0.1, 0.15) is 0 Å². The average Bonchev–Trinajstić information content (AvgIpc) is 2.80. The van der Waals surface area contributed by atoms with Crippen LogP contribution in [0.5, 0.6) is 5.75 Å². The van der Waals surface area contributed by atoms with Crippen LogP contribution < -0.4 is 5.56 Å². The number of pyridine rings is 1. The minimum Gasteiger partial charge on any atom is -0.506 e. The molecular weight excluding hydrogens is 238 g/mol. The van der Waals surface area contributed by atoms with Crippen LogP contribution in [0, 0.1) is 0 Å². The maximum Gasteiger partial charge on any atom is 0.276 e. The minimum atomic E-state index is -0.223. The second kappa shape index (κ2) is 3.67. The van der Waals surface area contributed by atoms with E-state index in [2.05, 4.69) is 9.59 Å². The summed E-state index contributed by atoms with van der Waals surface area (Å²) in [5.41, 5.74) is 0.804. The van der Waals surface area contributed by atoms with Gasteiger partial charge in [-0.25, -0.2) is 0 Å². The molecule has 0 aliphatic carbocycles. The zero-order valence-electron chi connectivity index (χ0n) is 8.57. The summed E-state index contributed by atoms with van der Waals surface area (Å²) in [4.78, 5) is 12.1. The lowest BCUT2D eigenvalue weighted by atomic mass is 10.3. The average molecular weight is 245 g/mol. The zero-order chi connectivity index (χ0) is 11.8. The van der Waals surface area contributed by atoms with Gasteiger partial charge in [0.25, 0.3) is 5.56 Å². The summed E-state index contributed by atoms with van der Waals surface area (Å²) < 4.78 is 5.60. The highest BCUT2D eigenvalue weighted by atomic mass is 32.1. The fourth-order valence-electron chi connectivity index (χ4n) is 1.63. The molecule has 3 aromatic rings. The van der Waals surface area contributed by atoms with E-state index in [-0.39, 0.29) is 11.3 Å². The zero-order valence-corrected chi connectivity index (χ0v) is 9.39. The molecule has 0 amide bonds. The first-order valence-electron chi connectivity index (χ1n) is 4.89. The summed E-state index contributed by atoms with van der Waals surface area (Å²) >= 11 is 1.05. The Morgan fingerprint density at radius 3 is 2.88 bits per heavy atom. The molecule has 1 N–H and O–H groups in total. The molecule has 0 aliphatic rings. The fraction of sp³-hybridized carbons (Fsp3) is 0. The van der Waals surface area contributed by atoms with Gasteiger partial charge in [0, 0.05) is 6.20 Å². The van der Waals surface area contributed by atoms with Crippen molar-refractivity contribution in [3.8, 4) is 11.4 Å². The smallest absolute Gasteiger partial charge is 0.276 e. The first kappa shape index (κ1) is 9.98. The molecule has 6 heteroatoms. The molecule has 0 atom stereocenters. The first-order chi connectivity index (χ1) is 8.27. The third-order valence-electron chi connectivity index (χ3n) is 2.45. The molecule has 0 aliphatic heterocycles. The molecule has 84 valence electrons. The Morgan fingerprint density at radius 1 is 1.24 bits per heavy atom. The predicted molar refractivity (Wildman–Crippen MR) is 64.7 cm³/mol. The van der Waals surface area contributed by atoms with Crippen molar-refractivity contribution in [2.45, 2.75) is 0 Å². The van der Waals surface area contributed by atoms with E-state index in [9.17, 15) is 9.90 Å². The van der Waals surface area contributed by atoms with Crippen LogP contribution in [0.15, 0.2) is 41.3 Å². The maximum absolute atomic E-state index is 12.1. The van der Waals surface area contributed by atoms with Gasteiger partial charge in [-0.15, -0.1) is 5.10 Å². The summed E-state index contributed by atoms with van der Waals surface area (Å²) in [6.07, 6.45) is 1.58. The molecule has 2 aromatic heterocycles. The number of hydrogen-bond donors (Lipinski definition) is 1. The molecule has 0 unspecified atom stereocenters. The van der Waals surface area contributed by atoms with Gasteiger partial charge in [0.05, 0.1) is 5.69 Å². The normalized spacial score (nSPS) is 10.8. The van der Waals surface area contributed by atoms with Crippen molar-refractivity contribution in [2.75, 3.05) is 0 Å². The molecule has 0 saturated heterocycles. The summed E-state index contributed by atoms with van der Waals surface area (Å²) in [6.45, 7) is 0. The number of hydrogen-bond acceptors (Lipinski definition) is 5. The second-order valence-electron chi connectivity index (χ2n) is 3.47. The number of aromatic nitrogens is 3. The Morgan fingerprint density at radius 2 is 2.06 bits per heavy atom. The summed E-state index contributed by atoms with van der Waals surface area (Å²) in [5.74, 6) is 0.0615. The number of phenols is 1. The van der Waals surface area contributed by atoms with E-state index in [4.69, 9.17) is 0 Å². The van der Waals surface area contributed by atoms with Gasteiger partial charge >= 0.3 is 0 Å². The SMILES string of the molecule is O=c1c2snnc2ccn1-c1ccccc1O. The topological polar surface area (TPSA) is 68.0 Å². The van der Waals surface area contributed by atoms with Crippen molar-refractivity contribution in [2.24, 2.45) is 0 Å². The van der Waals surface area contributed by atoms with Crippen LogP contribution in [0.3, 0.4) is 0 Å². The summed E-state index contributed by atoms with van der Waals surface area (Å²) in [5, 5.41) is 13.6. The summed E-state index contributed by atoms with van der Waals surface area (Å²) in [6, 6.07) is 8.38. The maximum atomic E-state index is 12.1. The molecule has 1 aromatic carbocycles. The standard InChI is InChI=1S/C11H7N3O2S/c15-9-4-2-1-3-8(9)14-6-5-7-10(11(14)16)17-13-12-7/h1-6,15H. The molecule has 17 heavy (non-hydrogen) atoms.